The average molecular weight is 215 g/mol. The van der Waals surface area contributed by atoms with Crippen LogP contribution in [0.2, 0.25) is 0 Å². The number of aromatic nitrogens is 2. The molecule has 0 fully saturated rings. The van der Waals surface area contributed by atoms with Crippen LogP contribution in [0.3, 0.4) is 0 Å². The van der Waals surface area contributed by atoms with Gasteiger partial charge in [-0.2, -0.15) is 0 Å². The van der Waals surface area contributed by atoms with Crippen LogP contribution >= 0.6 is 0 Å². The van der Waals surface area contributed by atoms with E-state index in [9.17, 15) is 0 Å². The van der Waals surface area contributed by atoms with Crippen molar-refractivity contribution in [2.75, 3.05) is 0 Å². The van der Waals surface area contributed by atoms with E-state index < -0.39 is 0 Å². The maximum atomic E-state index is 5.59. The lowest BCUT2D eigenvalue weighted by Crippen LogP contribution is -2.03. The van der Waals surface area contributed by atoms with Gasteiger partial charge in [0.25, 0.3) is 0 Å². The van der Waals surface area contributed by atoms with Crippen molar-refractivity contribution >= 4 is 0 Å². The molecule has 0 saturated heterocycles. The van der Waals surface area contributed by atoms with Crippen LogP contribution < -0.4 is 5.73 Å². The van der Waals surface area contributed by atoms with Crippen molar-refractivity contribution in [3.05, 3.63) is 53.6 Å². The summed E-state index contributed by atoms with van der Waals surface area (Å²) in [4.78, 5) is 4.48. The first-order valence-electron chi connectivity index (χ1n) is 5.54. The molecule has 0 spiro atoms. The zero-order chi connectivity index (χ0) is 11.4. The second-order valence-electron chi connectivity index (χ2n) is 3.95. The molecule has 0 aliphatic rings. The number of imidazole rings is 1. The topological polar surface area (TPSA) is 43.8 Å². The van der Waals surface area contributed by atoms with Gasteiger partial charge in [-0.05, 0) is 18.4 Å². The lowest BCUT2D eigenvalue weighted by molar-refractivity contribution is 0.793. The molecule has 2 rings (SSSR count). The van der Waals surface area contributed by atoms with Crippen LogP contribution in [0.25, 0.3) is 0 Å². The van der Waals surface area contributed by atoms with Gasteiger partial charge < -0.3 is 10.3 Å². The summed E-state index contributed by atoms with van der Waals surface area (Å²) in [6.07, 6.45) is 4.06. The molecule has 0 bridgehead atoms. The van der Waals surface area contributed by atoms with E-state index in [-0.39, 0.29) is 0 Å². The van der Waals surface area contributed by atoms with Gasteiger partial charge in [0.15, 0.2) is 0 Å². The Labute approximate surface area is 95.9 Å². The molecule has 0 unspecified atom stereocenters. The fraction of sp³-hybridized carbons (Fsp3) is 0.308. The minimum Gasteiger partial charge on any atom is -0.337 e. The number of aryl methyl sites for hydroxylation is 3. The normalized spacial score (nSPS) is 10.6. The number of nitrogens with two attached hydrogens (primary N) is 1. The number of nitrogens with zero attached hydrogens (tertiary/aromatic N) is 2. The van der Waals surface area contributed by atoms with Crippen LogP contribution in [-0.4, -0.2) is 9.55 Å². The van der Waals surface area contributed by atoms with Crippen molar-refractivity contribution in [1.29, 1.82) is 0 Å². The summed E-state index contributed by atoms with van der Waals surface area (Å²) in [6, 6.07) is 10.5. The average Bonchev–Trinajstić information content (AvgIpc) is 2.69. The van der Waals surface area contributed by atoms with Crippen molar-refractivity contribution in [3.8, 4) is 0 Å². The summed E-state index contributed by atoms with van der Waals surface area (Å²) in [5.74, 6) is 0.947. The van der Waals surface area contributed by atoms with Gasteiger partial charge in [-0.15, -0.1) is 0 Å². The van der Waals surface area contributed by atoms with Gasteiger partial charge in [-0.3, -0.25) is 0 Å². The number of hydrogen-bond donors (Lipinski definition) is 1. The molecule has 16 heavy (non-hydrogen) atoms. The highest BCUT2D eigenvalue weighted by molar-refractivity contribution is 5.16. The van der Waals surface area contributed by atoms with Crippen LogP contribution in [0, 0.1) is 0 Å². The lowest BCUT2D eigenvalue weighted by Gasteiger charge is -1.97. The second kappa shape index (κ2) is 4.94. The van der Waals surface area contributed by atoms with E-state index in [0.29, 0.717) is 6.54 Å². The highest BCUT2D eigenvalue weighted by Crippen LogP contribution is 2.07. The van der Waals surface area contributed by atoms with Gasteiger partial charge in [0.05, 0.1) is 12.2 Å². The third-order valence-electron chi connectivity index (χ3n) is 2.72. The molecule has 1 aromatic carbocycles. The third kappa shape index (κ3) is 2.49. The fourth-order valence-corrected chi connectivity index (χ4v) is 1.80. The molecule has 0 aliphatic heterocycles. The van der Waals surface area contributed by atoms with E-state index in [2.05, 4.69) is 35.4 Å². The molecule has 1 heterocycles. The van der Waals surface area contributed by atoms with E-state index in [1.807, 2.05) is 17.7 Å². The molecule has 0 atom stereocenters. The van der Waals surface area contributed by atoms with Crippen molar-refractivity contribution in [3.63, 3.8) is 0 Å². The van der Waals surface area contributed by atoms with Crippen molar-refractivity contribution in [2.24, 2.45) is 12.8 Å². The molecular weight excluding hydrogens is 198 g/mol. The molecule has 3 nitrogen and oxygen atoms in total. The Balaban J connectivity index is 2.00. The minimum atomic E-state index is 0.502. The maximum absolute atomic E-state index is 5.59. The first kappa shape index (κ1) is 10.9. The largest absolute Gasteiger partial charge is 0.337 e. The number of benzene rings is 1. The molecule has 84 valence electrons. The second-order valence-corrected chi connectivity index (χ2v) is 3.95. The smallest absolute Gasteiger partial charge is 0.122 e. The Bertz CT molecular complexity index is 445. The van der Waals surface area contributed by atoms with Crippen LogP contribution in [-0.2, 0) is 26.4 Å². The summed E-state index contributed by atoms with van der Waals surface area (Å²) in [6.45, 7) is 0.502. The standard InChI is InChI=1S/C13H17N3/c1-16-10-12(15-13(16)9-14)8-7-11-5-3-2-4-6-11/h2-6,10H,7-9,14H2,1H3. The summed E-state index contributed by atoms with van der Waals surface area (Å²) in [5.41, 5.74) is 8.05. The Hall–Kier alpha value is -1.61. The Morgan fingerprint density at radius 1 is 1.19 bits per heavy atom. The van der Waals surface area contributed by atoms with Crippen molar-refractivity contribution in [1.82, 2.24) is 9.55 Å². The van der Waals surface area contributed by atoms with Gasteiger partial charge in [-0.25, -0.2) is 4.98 Å². The summed E-state index contributed by atoms with van der Waals surface area (Å²) in [5, 5.41) is 0. The van der Waals surface area contributed by atoms with Gasteiger partial charge >= 0.3 is 0 Å². The third-order valence-corrected chi connectivity index (χ3v) is 2.72. The van der Waals surface area contributed by atoms with Gasteiger partial charge in [0.2, 0.25) is 0 Å². The van der Waals surface area contributed by atoms with Crippen LogP contribution in [0.5, 0.6) is 0 Å². The minimum absolute atomic E-state index is 0.502. The first-order valence-corrected chi connectivity index (χ1v) is 5.54. The van der Waals surface area contributed by atoms with Crippen molar-refractivity contribution in [2.45, 2.75) is 19.4 Å². The molecule has 2 aromatic rings. The molecule has 1 aromatic heterocycles. The van der Waals surface area contributed by atoms with E-state index in [1.54, 1.807) is 0 Å². The molecule has 0 saturated carbocycles. The highest BCUT2D eigenvalue weighted by atomic mass is 15.1. The summed E-state index contributed by atoms with van der Waals surface area (Å²) in [7, 11) is 1.99. The molecular formula is C13H17N3. The molecule has 0 aliphatic carbocycles. The van der Waals surface area contributed by atoms with Crippen LogP contribution in [0.1, 0.15) is 17.1 Å². The van der Waals surface area contributed by atoms with Crippen LogP contribution in [0.4, 0.5) is 0 Å². The quantitative estimate of drug-likeness (QED) is 0.843. The van der Waals surface area contributed by atoms with Gasteiger partial charge in [0, 0.05) is 13.2 Å². The molecule has 0 amide bonds. The highest BCUT2D eigenvalue weighted by Gasteiger charge is 2.03. The van der Waals surface area contributed by atoms with Crippen molar-refractivity contribution < 1.29 is 0 Å². The van der Waals surface area contributed by atoms with E-state index in [4.69, 9.17) is 5.73 Å². The van der Waals surface area contributed by atoms with E-state index in [1.165, 1.54) is 5.56 Å². The van der Waals surface area contributed by atoms with Gasteiger partial charge in [-0.1, -0.05) is 30.3 Å². The SMILES string of the molecule is Cn1cc(CCc2ccccc2)nc1CN. The number of hydrogen-bond acceptors (Lipinski definition) is 2. The summed E-state index contributed by atoms with van der Waals surface area (Å²) < 4.78 is 2.00. The Kier molecular flexibility index (Phi) is 3.37. The molecule has 0 radical (unpaired) electrons. The monoisotopic (exact) mass is 215 g/mol. The number of rotatable bonds is 4. The molecule has 2 N–H and O–H groups in total. The van der Waals surface area contributed by atoms with E-state index in [0.717, 1.165) is 24.4 Å². The Morgan fingerprint density at radius 3 is 2.56 bits per heavy atom. The van der Waals surface area contributed by atoms with E-state index >= 15 is 0 Å². The molecule has 3 heteroatoms. The predicted octanol–water partition coefficient (Wildman–Crippen LogP) is 1.66. The predicted molar refractivity (Wildman–Crippen MR) is 64.9 cm³/mol. The summed E-state index contributed by atoms with van der Waals surface area (Å²) >= 11 is 0. The fourth-order valence-electron chi connectivity index (χ4n) is 1.80. The zero-order valence-corrected chi connectivity index (χ0v) is 9.56. The van der Waals surface area contributed by atoms with Gasteiger partial charge in [0.1, 0.15) is 5.82 Å². The zero-order valence-electron chi connectivity index (χ0n) is 9.56. The lowest BCUT2D eigenvalue weighted by atomic mass is 10.1. The Morgan fingerprint density at radius 2 is 1.94 bits per heavy atom. The maximum Gasteiger partial charge on any atom is 0.122 e. The van der Waals surface area contributed by atoms with Crippen LogP contribution in [0.15, 0.2) is 36.5 Å². The first-order chi connectivity index (χ1) is 7.79.